The van der Waals surface area contributed by atoms with Crippen molar-refractivity contribution in [2.45, 2.75) is 6.92 Å². The Hall–Kier alpha value is -3.68. The summed E-state index contributed by atoms with van der Waals surface area (Å²) in [5, 5.41) is 2.72. The normalized spacial score (nSPS) is 14.3. The molecule has 1 aromatic heterocycles. The van der Waals surface area contributed by atoms with Crippen molar-refractivity contribution >= 4 is 29.3 Å². The molecule has 30 heavy (non-hydrogen) atoms. The Kier molecular flexibility index (Phi) is 6.79. The molecule has 0 unspecified atom stereocenters. The van der Waals surface area contributed by atoms with E-state index in [1.807, 2.05) is 18.2 Å². The number of hydrogen-bond donors (Lipinski definition) is 1. The van der Waals surface area contributed by atoms with Crippen LogP contribution in [0.4, 0.5) is 11.5 Å². The van der Waals surface area contributed by atoms with Gasteiger partial charge in [0.2, 0.25) is 5.91 Å². The predicted octanol–water partition coefficient (Wildman–Crippen LogP) is 2.10. The molecule has 0 aliphatic carbocycles. The lowest BCUT2D eigenvalue weighted by atomic mass is 10.2. The lowest BCUT2D eigenvalue weighted by molar-refractivity contribution is -0.126. The molecule has 2 heterocycles. The molecule has 1 N–H and O–H groups in total. The molecule has 0 spiro atoms. The molecule has 0 atom stereocenters. The monoisotopic (exact) mass is 408 g/mol. The van der Waals surface area contributed by atoms with Gasteiger partial charge in [0.15, 0.2) is 0 Å². The number of methoxy groups -OCH3 is 1. The average Bonchev–Trinajstić information content (AvgIpc) is 2.79. The number of nitrogens with zero attached hydrogens (tertiary/aromatic N) is 3. The molecule has 2 aromatic rings. The van der Waals surface area contributed by atoms with Gasteiger partial charge in [-0.05, 0) is 43.3 Å². The molecule has 156 valence electrons. The second-order valence-electron chi connectivity index (χ2n) is 6.85. The third-order valence-electron chi connectivity index (χ3n) is 4.83. The zero-order chi connectivity index (χ0) is 21.5. The van der Waals surface area contributed by atoms with Crippen molar-refractivity contribution < 1.29 is 19.1 Å². The van der Waals surface area contributed by atoms with Gasteiger partial charge in [-0.3, -0.25) is 9.59 Å². The lowest BCUT2D eigenvalue weighted by Gasteiger charge is -2.35. The molecule has 2 amide bonds. The van der Waals surface area contributed by atoms with Gasteiger partial charge in [-0.1, -0.05) is 6.07 Å². The van der Waals surface area contributed by atoms with Crippen molar-refractivity contribution in [1.82, 2.24) is 9.88 Å². The first kappa shape index (κ1) is 21.0. The van der Waals surface area contributed by atoms with Crippen molar-refractivity contribution in [2.24, 2.45) is 0 Å². The highest BCUT2D eigenvalue weighted by atomic mass is 16.5. The zero-order valence-corrected chi connectivity index (χ0v) is 17.0. The second kappa shape index (κ2) is 9.69. The molecular formula is C22H24N4O4. The summed E-state index contributed by atoms with van der Waals surface area (Å²) in [5.74, 6) is -0.114. The van der Waals surface area contributed by atoms with E-state index < -0.39 is 5.97 Å². The van der Waals surface area contributed by atoms with Gasteiger partial charge in [0.25, 0.3) is 5.91 Å². The predicted molar refractivity (Wildman–Crippen MR) is 113 cm³/mol. The third kappa shape index (κ3) is 5.22. The average molecular weight is 408 g/mol. The van der Waals surface area contributed by atoms with Gasteiger partial charge in [0.05, 0.1) is 12.7 Å². The Morgan fingerprint density at radius 1 is 1.03 bits per heavy atom. The van der Waals surface area contributed by atoms with Gasteiger partial charge in [-0.2, -0.15) is 0 Å². The molecule has 3 rings (SSSR count). The van der Waals surface area contributed by atoms with Gasteiger partial charge in [-0.15, -0.1) is 0 Å². The smallest absolute Gasteiger partial charge is 0.337 e. The van der Waals surface area contributed by atoms with Crippen LogP contribution < -0.4 is 10.2 Å². The highest BCUT2D eigenvalue weighted by Crippen LogP contribution is 2.14. The van der Waals surface area contributed by atoms with Crippen molar-refractivity contribution in [3.8, 4) is 0 Å². The maximum Gasteiger partial charge on any atom is 0.337 e. The first-order chi connectivity index (χ1) is 14.5. The van der Waals surface area contributed by atoms with E-state index in [2.05, 4.69) is 19.9 Å². The molecule has 8 heteroatoms. The number of esters is 1. The number of carbonyl (C=O) groups is 3. The van der Waals surface area contributed by atoms with Gasteiger partial charge in [0.1, 0.15) is 5.82 Å². The lowest BCUT2D eigenvalue weighted by Crippen LogP contribution is -2.48. The molecule has 1 aliphatic rings. The fourth-order valence-corrected chi connectivity index (χ4v) is 3.08. The highest BCUT2D eigenvalue weighted by Gasteiger charge is 2.21. The van der Waals surface area contributed by atoms with Crippen LogP contribution in [0.25, 0.3) is 0 Å². The van der Waals surface area contributed by atoms with Crippen LogP contribution >= 0.6 is 0 Å². The second-order valence-corrected chi connectivity index (χ2v) is 6.85. The first-order valence-corrected chi connectivity index (χ1v) is 9.61. The number of nitrogens with one attached hydrogen (secondary N) is 1. The van der Waals surface area contributed by atoms with Crippen LogP contribution in [-0.4, -0.2) is 61.0 Å². The van der Waals surface area contributed by atoms with Crippen LogP contribution in [0, 0.1) is 0 Å². The SMILES string of the molecule is COC(=O)c1ccc(NC(=O)/C(C)=C/C(=O)N2CCN(c3ccccn3)CC2)cc1. The van der Waals surface area contributed by atoms with E-state index >= 15 is 0 Å². The fraction of sp³-hybridized carbons (Fsp3) is 0.273. The molecule has 1 aromatic carbocycles. The Morgan fingerprint density at radius 2 is 1.73 bits per heavy atom. The topological polar surface area (TPSA) is 91.8 Å². The maximum atomic E-state index is 12.5. The summed E-state index contributed by atoms with van der Waals surface area (Å²) >= 11 is 0. The van der Waals surface area contributed by atoms with Crippen LogP contribution in [0.3, 0.4) is 0 Å². The van der Waals surface area contributed by atoms with E-state index in [1.54, 1.807) is 42.3 Å². The highest BCUT2D eigenvalue weighted by molar-refractivity contribution is 6.07. The van der Waals surface area contributed by atoms with Crippen molar-refractivity contribution in [3.63, 3.8) is 0 Å². The number of pyridine rings is 1. The Balaban J connectivity index is 1.54. The number of piperazine rings is 1. The van der Waals surface area contributed by atoms with Crippen LogP contribution in [0.2, 0.25) is 0 Å². The minimum absolute atomic E-state index is 0.190. The number of anilines is 2. The quantitative estimate of drug-likeness (QED) is 0.602. The molecule has 0 radical (unpaired) electrons. The van der Waals surface area contributed by atoms with Gasteiger partial charge >= 0.3 is 5.97 Å². The largest absolute Gasteiger partial charge is 0.465 e. The molecular weight excluding hydrogens is 384 g/mol. The zero-order valence-electron chi connectivity index (χ0n) is 17.0. The molecule has 1 saturated heterocycles. The maximum absolute atomic E-state index is 12.5. The van der Waals surface area contributed by atoms with E-state index in [0.717, 1.165) is 5.82 Å². The number of rotatable bonds is 5. The summed E-state index contributed by atoms with van der Waals surface area (Å²) in [7, 11) is 1.31. The van der Waals surface area contributed by atoms with Gasteiger partial charge < -0.3 is 19.9 Å². The van der Waals surface area contributed by atoms with E-state index in [1.165, 1.54) is 13.2 Å². The summed E-state index contributed by atoms with van der Waals surface area (Å²) in [4.78, 5) is 44.6. The van der Waals surface area contributed by atoms with Crippen molar-refractivity contribution in [1.29, 1.82) is 0 Å². The first-order valence-electron chi connectivity index (χ1n) is 9.61. The Labute approximate surface area is 175 Å². The fourth-order valence-electron chi connectivity index (χ4n) is 3.08. The number of ether oxygens (including phenoxy) is 1. The summed E-state index contributed by atoms with van der Waals surface area (Å²) in [6, 6.07) is 12.1. The number of aromatic nitrogens is 1. The number of hydrogen-bond acceptors (Lipinski definition) is 6. The Bertz CT molecular complexity index is 933. The van der Waals surface area contributed by atoms with E-state index in [-0.39, 0.29) is 11.8 Å². The molecule has 0 saturated carbocycles. The van der Waals surface area contributed by atoms with E-state index in [0.29, 0.717) is 43.0 Å². The number of benzene rings is 1. The summed E-state index contributed by atoms with van der Waals surface area (Å²) < 4.78 is 4.64. The standard InChI is InChI=1S/C22H24N4O4/c1-16(21(28)24-18-8-6-17(7-9-18)22(29)30-2)15-20(27)26-13-11-25(12-14-26)19-5-3-4-10-23-19/h3-10,15H,11-14H2,1-2H3,(H,24,28)/b16-15+. The Morgan fingerprint density at radius 3 is 2.33 bits per heavy atom. The minimum Gasteiger partial charge on any atom is -0.465 e. The van der Waals surface area contributed by atoms with Crippen LogP contribution in [0.5, 0.6) is 0 Å². The summed E-state index contributed by atoms with van der Waals surface area (Å²) in [6.45, 7) is 4.11. The number of amides is 2. The van der Waals surface area contributed by atoms with E-state index in [9.17, 15) is 14.4 Å². The van der Waals surface area contributed by atoms with Crippen molar-refractivity contribution in [2.75, 3.05) is 43.5 Å². The van der Waals surface area contributed by atoms with Gasteiger partial charge in [-0.25, -0.2) is 9.78 Å². The molecule has 0 bridgehead atoms. The van der Waals surface area contributed by atoms with Crippen molar-refractivity contribution in [3.05, 3.63) is 65.9 Å². The van der Waals surface area contributed by atoms with Gasteiger partial charge in [0, 0.05) is 49.7 Å². The van der Waals surface area contributed by atoms with Crippen LogP contribution in [0.15, 0.2) is 60.3 Å². The summed E-state index contributed by atoms with van der Waals surface area (Å²) in [6.07, 6.45) is 3.11. The van der Waals surface area contributed by atoms with E-state index in [4.69, 9.17) is 0 Å². The minimum atomic E-state index is -0.447. The third-order valence-corrected chi connectivity index (χ3v) is 4.83. The van der Waals surface area contributed by atoms with Crippen LogP contribution in [0.1, 0.15) is 17.3 Å². The van der Waals surface area contributed by atoms with Crippen LogP contribution in [-0.2, 0) is 14.3 Å². The molecule has 1 aliphatic heterocycles. The number of carbonyl (C=O) groups excluding carboxylic acids is 3. The molecule has 1 fully saturated rings. The summed E-state index contributed by atoms with van der Waals surface area (Å²) in [5.41, 5.74) is 1.23. The molecule has 8 nitrogen and oxygen atoms in total.